The van der Waals surface area contributed by atoms with Crippen LogP contribution in [0.15, 0.2) is 70.0 Å². The lowest BCUT2D eigenvalue weighted by Crippen LogP contribution is -2.29. The number of hydrogen-bond acceptors (Lipinski definition) is 4. The van der Waals surface area contributed by atoms with Gasteiger partial charge in [-0.1, -0.05) is 36.4 Å². The van der Waals surface area contributed by atoms with Crippen LogP contribution >= 0.6 is 11.3 Å². The van der Waals surface area contributed by atoms with E-state index in [-0.39, 0.29) is 12.6 Å². The molecule has 5 heteroatoms. The van der Waals surface area contributed by atoms with Crippen LogP contribution in [0.4, 0.5) is 0 Å². The Hall–Kier alpha value is -2.63. The minimum absolute atomic E-state index is 0.0292. The second kappa shape index (κ2) is 7.96. The lowest BCUT2D eigenvalue weighted by Gasteiger charge is -2.24. The van der Waals surface area contributed by atoms with Gasteiger partial charge in [-0.05, 0) is 47.1 Å². The zero-order valence-corrected chi connectivity index (χ0v) is 14.6. The number of carbonyl (C=O) groups is 1. The molecule has 1 aromatic carbocycles. The predicted octanol–water partition coefficient (Wildman–Crippen LogP) is 4.78. The van der Waals surface area contributed by atoms with Crippen molar-refractivity contribution in [1.29, 1.82) is 0 Å². The van der Waals surface area contributed by atoms with Gasteiger partial charge in [0.1, 0.15) is 5.76 Å². The van der Waals surface area contributed by atoms with Gasteiger partial charge in [0.25, 0.3) is 0 Å². The summed E-state index contributed by atoms with van der Waals surface area (Å²) >= 11 is 1.64. The number of hydrogen-bond donors (Lipinski definition) is 1. The molecule has 0 aliphatic heterocycles. The van der Waals surface area contributed by atoms with E-state index in [1.165, 1.54) is 0 Å². The average molecular weight is 353 g/mol. The molecule has 3 aromatic rings. The molecular formula is C20H19NO3S. The van der Waals surface area contributed by atoms with Crippen LogP contribution in [0.2, 0.25) is 0 Å². The maximum atomic E-state index is 11.1. The summed E-state index contributed by atoms with van der Waals surface area (Å²) in [4.78, 5) is 12.9. The average Bonchev–Trinajstić information content (AvgIpc) is 3.29. The lowest BCUT2D eigenvalue weighted by molar-refractivity contribution is -0.138. The van der Waals surface area contributed by atoms with Crippen LogP contribution in [0.1, 0.15) is 17.2 Å². The molecule has 0 spiro atoms. The quantitative estimate of drug-likeness (QED) is 0.664. The van der Waals surface area contributed by atoms with Crippen molar-refractivity contribution in [3.05, 3.63) is 76.7 Å². The van der Waals surface area contributed by atoms with Gasteiger partial charge >= 0.3 is 5.97 Å². The summed E-state index contributed by atoms with van der Waals surface area (Å²) in [5, 5.41) is 13.2. The number of aliphatic carboxylic acids is 1. The predicted molar refractivity (Wildman–Crippen MR) is 101 cm³/mol. The van der Waals surface area contributed by atoms with Crippen molar-refractivity contribution >= 4 is 23.4 Å². The van der Waals surface area contributed by atoms with Crippen molar-refractivity contribution in [2.75, 3.05) is 13.6 Å². The number of likely N-dealkylation sites (N-methyl/N-ethyl adjacent to an activating group) is 1. The molecule has 0 bridgehead atoms. The summed E-state index contributed by atoms with van der Waals surface area (Å²) in [6.07, 6.45) is 5.71. The first-order valence-corrected chi connectivity index (χ1v) is 8.84. The van der Waals surface area contributed by atoms with Gasteiger partial charge in [0.05, 0.1) is 18.8 Å². The summed E-state index contributed by atoms with van der Waals surface area (Å²) in [5.41, 5.74) is 3.15. The molecule has 1 atom stereocenters. The molecule has 0 aliphatic rings. The van der Waals surface area contributed by atoms with Gasteiger partial charge in [0.2, 0.25) is 0 Å². The summed E-state index contributed by atoms with van der Waals surface area (Å²) in [7, 11) is 1.82. The molecule has 1 unspecified atom stereocenters. The van der Waals surface area contributed by atoms with E-state index < -0.39 is 5.97 Å². The minimum atomic E-state index is -0.844. The Morgan fingerprint density at radius 2 is 2.08 bits per heavy atom. The Bertz CT molecular complexity index is 820. The van der Waals surface area contributed by atoms with E-state index >= 15 is 0 Å². The first-order chi connectivity index (χ1) is 12.1. The van der Waals surface area contributed by atoms with Gasteiger partial charge in [-0.15, -0.1) is 0 Å². The third-order valence-electron chi connectivity index (χ3n) is 3.93. The smallest absolute Gasteiger partial charge is 0.317 e. The normalized spacial score (nSPS) is 12.7. The number of carboxylic acids is 1. The Kier molecular flexibility index (Phi) is 5.48. The highest BCUT2D eigenvalue weighted by Gasteiger charge is 2.17. The highest BCUT2D eigenvalue weighted by atomic mass is 32.1. The van der Waals surface area contributed by atoms with Crippen molar-refractivity contribution in [1.82, 2.24) is 4.90 Å². The van der Waals surface area contributed by atoms with Crippen LogP contribution < -0.4 is 0 Å². The van der Waals surface area contributed by atoms with E-state index in [4.69, 9.17) is 9.52 Å². The standard InChI is InChI=1S/C20H19NO3S/c1-21(13-20(22)23)18(9-4-15-10-12-25-14-15)16-5-7-17(8-6-16)19-3-2-11-24-19/h2-12,14,18H,13H2,1H3,(H,22,23). The van der Waals surface area contributed by atoms with Gasteiger partial charge in [0.15, 0.2) is 0 Å². The number of rotatable bonds is 7. The molecule has 3 rings (SSSR count). The fourth-order valence-electron chi connectivity index (χ4n) is 2.68. The van der Waals surface area contributed by atoms with Crippen molar-refractivity contribution in [2.24, 2.45) is 0 Å². The van der Waals surface area contributed by atoms with E-state index in [0.29, 0.717) is 0 Å². The molecule has 0 saturated heterocycles. The van der Waals surface area contributed by atoms with Gasteiger partial charge < -0.3 is 9.52 Å². The van der Waals surface area contributed by atoms with Gasteiger partial charge in [0, 0.05) is 5.56 Å². The maximum Gasteiger partial charge on any atom is 0.317 e. The summed E-state index contributed by atoms with van der Waals surface area (Å²) in [6.45, 7) is -0.0292. The van der Waals surface area contributed by atoms with Crippen LogP contribution in [-0.2, 0) is 4.79 Å². The van der Waals surface area contributed by atoms with E-state index in [1.54, 1.807) is 17.6 Å². The van der Waals surface area contributed by atoms with Gasteiger partial charge in [-0.2, -0.15) is 11.3 Å². The molecule has 0 radical (unpaired) electrons. The molecule has 4 nitrogen and oxygen atoms in total. The Morgan fingerprint density at radius 1 is 1.28 bits per heavy atom. The van der Waals surface area contributed by atoms with E-state index in [0.717, 1.165) is 22.5 Å². The molecular weight excluding hydrogens is 334 g/mol. The largest absolute Gasteiger partial charge is 0.480 e. The summed E-state index contributed by atoms with van der Waals surface area (Å²) in [6, 6.07) is 13.7. The van der Waals surface area contributed by atoms with Crippen molar-refractivity contribution < 1.29 is 14.3 Å². The number of benzene rings is 1. The highest BCUT2D eigenvalue weighted by molar-refractivity contribution is 7.08. The van der Waals surface area contributed by atoms with Gasteiger partial charge in [-0.3, -0.25) is 9.69 Å². The Morgan fingerprint density at radius 3 is 2.68 bits per heavy atom. The second-order valence-corrected chi connectivity index (χ2v) is 6.55. The number of thiophene rings is 1. The van der Waals surface area contributed by atoms with Crippen LogP contribution in [-0.4, -0.2) is 29.6 Å². The number of nitrogens with zero attached hydrogens (tertiary/aromatic N) is 1. The Balaban J connectivity index is 1.86. The first-order valence-electron chi connectivity index (χ1n) is 7.90. The molecule has 2 heterocycles. The lowest BCUT2D eigenvalue weighted by atomic mass is 10.0. The third-order valence-corrected chi connectivity index (χ3v) is 4.63. The topological polar surface area (TPSA) is 53.7 Å². The SMILES string of the molecule is CN(CC(=O)O)C(C=Cc1ccsc1)c1ccc(-c2ccco2)cc1. The number of furan rings is 1. The zero-order valence-electron chi connectivity index (χ0n) is 13.8. The molecule has 0 aliphatic carbocycles. The molecule has 1 N–H and O–H groups in total. The molecule has 128 valence electrons. The molecule has 25 heavy (non-hydrogen) atoms. The summed E-state index contributed by atoms with van der Waals surface area (Å²) in [5.74, 6) is -0.0283. The van der Waals surface area contributed by atoms with E-state index in [9.17, 15) is 4.79 Å². The first kappa shape index (κ1) is 17.2. The monoisotopic (exact) mass is 353 g/mol. The summed E-state index contributed by atoms with van der Waals surface area (Å²) < 4.78 is 5.42. The molecule has 0 fully saturated rings. The van der Waals surface area contributed by atoms with Crippen LogP contribution in [0.3, 0.4) is 0 Å². The van der Waals surface area contributed by atoms with E-state index in [1.807, 2.05) is 71.9 Å². The Labute approximate surface area is 150 Å². The minimum Gasteiger partial charge on any atom is -0.480 e. The third kappa shape index (κ3) is 4.47. The highest BCUT2D eigenvalue weighted by Crippen LogP contribution is 2.26. The van der Waals surface area contributed by atoms with Crippen molar-refractivity contribution in [3.63, 3.8) is 0 Å². The molecule has 2 aromatic heterocycles. The maximum absolute atomic E-state index is 11.1. The zero-order chi connectivity index (χ0) is 17.6. The van der Waals surface area contributed by atoms with Gasteiger partial charge in [-0.25, -0.2) is 0 Å². The molecule has 0 saturated carbocycles. The van der Waals surface area contributed by atoms with Crippen LogP contribution in [0.25, 0.3) is 17.4 Å². The van der Waals surface area contributed by atoms with Crippen molar-refractivity contribution in [2.45, 2.75) is 6.04 Å². The van der Waals surface area contributed by atoms with Crippen LogP contribution in [0.5, 0.6) is 0 Å². The number of carboxylic acid groups (broad SMARTS) is 1. The van der Waals surface area contributed by atoms with E-state index in [2.05, 4.69) is 5.38 Å². The fourth-order valence-corrected chi connectivity index (χ4v) is 3.31. The fraction of sp³-hybridized carbons (Fsp3) is 0.150. The second-order valence-electron chi connectivity index (χ2n) is 5.77. The van der Waals surface area contributed by atoms with Crippen molar-refractivity contribution in [3.8, 4) is 11.3 Å². The molecule has 0 amide bonds. The van der Waals surface area contributed by atoms with Crippen LogP contribution in [0, 0.1) is 0 Å².